The fourth-order valence-electron chi connectivity index (χ4n) is 0.772. The standard InChI is InChI=1S/C8H15N2O/c1-4-8(2)11-10-6-5-9(3)7-10/h5-8H,4H2,1-3H3/q+1. The van der Waals surface area contributed by atoms with Crippen LogP contribution >= 0.6 is 0 Å². The quantitative estimate of drug-likeness (QED) is 0.583. The first-order valence-electron chi connectivity index (χ1n) is 3.92. The number of nitrogens with zero attached hydrogens (tertiary/aromatic N) is 2. The summed E-state index contributed by atoms with van der Waals surface area (Å²) in [6, 6.07) is 0. The van der Waals surface area contributed by atoms with Crippen LogP contribution in [0, 0.1) is 0 Å². The van der Waals surface area contributed by atoms with E-state index in [1.165, 1.54) is 0 Å². The Kier molecular flexibility index (Phi) is 2.52. The van der Waals surface area contributed by atoms with Crippen LogP contribution in [0.4, 0.5) is 0 Å². The van der Waals surface area contributed by atoms with Crippen molar-refractivity contribution in [3.05, 3.63) is 18.7 Å². The molecule has 1 aromatic heterocycles. The topological polar surface area (TPSA) is 18.0 Å². The number of hydrogen-bond donors (Lipinski definition) is 0. The van der Waals surface area contributed by atoms with Gasteiger partial charge in [-0.3, -0.25) is 0 Å². The first-order valence-corrected chi connectivity index (χ1v) is 3.92. The van der Waals surface area contributed by atoms with Gasteiger partial charge >= 0.3 is 0 Å². The molecule has 0 aromatic carbocycles. The van der Waals surface area contributed by atoms with Crippen molar-refractivity contribution in [3.8, 4) is 0 Å². The Morgan fingerprint density at radius 3 is 2.82 bits per heavy atom. The summed E-state index contributed by atoms with van der Waals surface area (Å²) in [4.78, 5) is 5.48. The number of hydrogen-bond acceptors (Lipinski definition) is 1. The molecule has 1 rings (SSSR count). The summed E-state index contributed by atoms with van der Waals surface area (Å²) in [5, 5.41) is 0. The zero-order chi connectivity index (χ0) is 8.27. The minimum Gasteiger partial charge on any atom is -0.333 e. The molecule has 3 heteroatoms. The minimum atomic E-state index is 0.280. The summed E-state index contributed by atoms with van der Waals surface area (Å²) in [6.45, 7) is 4.16. The zero-order valence-electron chi connectivity index (χ0n) is 7.32. The van der Waals surface area contributed by atoms with Crippen LogP contribution in [0.25, 0.3) is 0 Å². The Morgan fingerprint density at radius 1 is 1.64 bits per heavy atom. The number of aryl methyl sites for hydroxylation is 1. The molecule has 0 spiro atoms. The van der Waals surface area contributed by atoms with E-state index in [0.717, 1.165) is 6.42 Å². The highest BCUT2D eigenvalue weighted by atomic mass is 16.7. The molecule has 1 aromatic rings. The van der Waals surface area contributed by atoms with Crippen molar-refractivity contribution in [1.29, 1.82) is 0 Å². The van der Waals surface area contributed by atoms with Crippen molar-refractivity contribution in [2.45, 2.75) is 26.4 Å². The maximum Gasteiger partial charge on any atom is 0.284 e. The molecule has 0 N–H and O–H groups in total. The molecular formula is C8H15N2O+. The molecule has 0 fully saturated rings. The average molecular weight is 155 g/mol. The molecule has 0 aliphatic rings. The fourth-order valence-corrected chi connectivity index (χ4v) is 0.772. The first-order chi connectivity index (χ1) is 5.22. The van der Waals surface area contributed by atoms with E-state index in [9.17, 15) is 0 Å². The highest BCUT2D eigenvalue weighted by molar-refractivity contribution is 4.61. The van der Waals surface area contributed by atoms with Gasteiger partial charge in [0.25, 0.3) is 6.33 Å². The summed E-state index contributed by atoms with van der Waals surface area (Å²) < 4.78 is 3.68. The Hall–Kier alpha value is -0.990. The molecular weight excluding hydrogens is 140 g/mol. The molecule has 0 aliphatic heterocycles. The number of aromatic nitrogens is 2. The number of imidazole rings is 1. The van der Waals surface area contributed by atoms with E-state index in [0.29, 0.717) is 0 Å². The van der Waals surface area contributed by atoms with Crippen molar-refractivity contribution < 1.29 is 9.40 Å². The summed E-state index contributed by atoms with van der Waals surface area (Å²) in [6.07, 6.45) is 7.05. The van der Waals surface area contributed by atoms with Crippen LogP contribution in [0.2, 0.25) is 0 Å². The van der Waals surface area contributed by atoms with Gasteiger partial charge in [-0.15, -0.1) is 0 Å². The van der Waals surface area contributed by atoms with E-state index in [4.69, 9.17) is 4.84 Å². The normalized spacial score (nSPS) is 13.0. The van der Waals surface area contributed by atoms with E-state index in [2.05, 4.69) is 13.8 Å². The second-order valence-electron chi connectivity index (χ2n) is 2.76. The molecule has 62 valence electrons. The predicted octanol–water partition coefficient (Wildman–Crippen LogP) is 0.540. The van der Waals surface area contributed by atoms with Crippen LogP contribution in [0.3, 0.4) is 0 Å². The third-order valence-electron chi connectivity index (χ3n) is 1.62. The zero-order valence-corrected chi connectivity index (χ0v) is 7.32. The largest absolute Gasteiger partial charge is 0.333 e. The van der Waals surface area contributed by atoms with Gasteiger partial charge in [0.05, 0.1) is 7.05 Å². The van der Waals surface area contributed by atoms with Gasteiger partial charge in [0.2, 0.25) is 0 Å². The smallest absolute Gasteiger partial charge is 0.284 e. The van der Waals surface area contributed by atoms with Crippen LogP contribution in [-0.2, 0) is 7.05 Å². The summed E-state index contributed by atoms with van der Waals surface area (Å²) in [5.74, 6) is 0. The lowest BCUT2D eigenvalue weighted by Crippen LogP contribution is -2.26. The van der Waals surface area contributed by atoms with Gasteiger partial charge in [0.1, 0.15) is 12.3 Å². The third-order valence-corrected chi connectivity index (χ3v) is 1.62. The predicted molar refractivity (Wildman–Crippen MR) is 41.9 cm³/mol. The second kappa shape index (κ2) is 3.42. The lowest BCUT2D eigenvalue weighted by atomic mass is 10.3. The molecule has 0 aliphatic carbocycles. The monoisotopic (exact) mass is 155 g/mol. The van der Waals surface area contributed by atoms with Crippen LogP contribution in [0.5, 0.6) is 0 Å². The average Bonchev–Trinajstić information content (AvgIpc) is 2.35. The van der Waals surface area contributed by atoms with Gasteiger partial charge in [-0.25, -0.2) is 4.57 Å². The van der Waals surface area contributed by atoms with Crippen LogP contribution in [0.15, 0.2) is 18.7 Å². The van der Waals surface area contributed by atoms with E-state index < -0.39 is 0 Å². The van der Waals surface area contributed by atoms with E-state index >= 15 is 0 Å². The fraction of sp³-hybridized carbons (Fsp3) is 0.625. The SMILES string of the molecule is CCC(C)On1cc[n+](C)c1. The Labute approximate surface area is 67.2 Å². The third kappa shape index (κ3) is 2.26. The maximum absolute atomic E-state index is 5.48. The van der Waals surface area contributed by atoms with E-state index in [-0.39, 0.29) is 6.10 Å². The van der Waals surface area contributed by atoms with Crippen molar-refractivity contribution >= 4 is 0 Å². The molecule has 1 unspecified atom stereocenters. The van der Waals surface area contributed by atoms with E-state index in [1.807, 2.05) is 30.3 Å². The Balaban J connectivity index is 2.50. The maximum atomic E-state index is 5.48. The molecule has 0 saturated carbocycles. The van der Waals surface area contributed by atoms with Gasteiger partial charge < -0.3 is 4.84 Å². The Morgan fingerprint density at radius 2 is 2.36 bits per heavy atom. The van der Waals surface area contributed by atoms with Crippen LogP contribution in [0.1, 0.15) is 20.3 Å². The van der Waals surface area contributed by atoms with Gasteiger partial charge in [0.15, 0.2) is 6.20 Å². The number of rotatable bonds is 3. The lowest BCUT2D eigenvalue weighted by molar-refractivity contribution is -0.672. The van der Waals surface area contributed by atoms with E-state index in [1.54, 1.807) is 4.73 Å². The van der Waals surface area contributed by atoms with Crippen LogP contribution < -0.4 is 9.40 Å². The summed E-state index contributed by atoms with van der Waals surface area (Å²) in [7, 11) is 1.97. The van der Waals surface area contributed by atoms with Crippen LogP contribution in [-0.4, -0.2) is 10.8 Å². The molecule has 0 saturated heterocycles. The summed E-state index contributed by atoms with van der Waals surface area (Å²) in [5.41, 5.74) is 0. The van der Waals surface area contributed by atoms with Crippen molar-refractivity contribution in [2.75, 3.05) is 0 Å². The van der Waals surface area contributed by atoms with Gasteiger partial charge in [-0.2, -0.15) is 0 Å². The molecule has 3 nitrogen and oxygen atoms in total. The highest BCUT2D eigenvalue weighted by Gasteiger charge is 2.04. The molecule has 0 radical (unpaired) electrons. The van der Waals surface area contributed by atoms with Crippen molar-refractivity contribution in [3.63, 3.8) is 0 Å². The van der Waals surface area contributed by atoms with Gasteiger partial charge in [0, 0.05) is 0 Å². The molecule has 1 atom stereocenters. The van der Waals surface area contributed by atoms with Gasteiger partial charge in [-0.05, 0) is 13.3 Å². The molecule has 1 heterocycles. The van der Waals surface area contributed by atoms with Crippen molar-refractivity contribution in [2.24, 2.45) is 7.05 Å². The van der Waals surface area contributed by atoms with Gasteiger partial charge in [-0.1, -0.05) is 11.7 Å². The Bertz CT molecular complexity index is 220. The first kappa shape index (κ1) is 8.11. The molecule has 0 amide bonds. The molecule has 11 heavy (non-hydrogen) atoms. The highest BCUT2D eigenvalue weighted by Crippen LogP contribution is 1.91. The summed E-state index contributed by atoms with van der Waals surface area (Å²) >= 11 is 0. The lowest BCUT2D eigenvalue weighted by Gasteiger charge is -2.05. The minimum absolute atomic E-state index is 0.280. The molecule has 0 bridgehead atoms. The second-order valence-corrected chi connectivity index (χ2v) is 2.76. The van der Waals surface area contributed by atoms with Crippen molar-refractivity contribution in [1.82, 2.24) is 4.73 Å².